The van der Waals surface area contributed by atoms with E-state index < -0.39 is 11.9 Å². The second-order valence-electron chi connectivity index (χ2n) is 4.43. The number of hydrogen-bond acceptors (Lipinski definition) is 6. The number of benzene rings is 1. The highest BCUT2D eigenvalue weighted by atomic mass is 32.2. The molecule has 120 valence electrons. The number of rotatable bonds is 7. The molecule has 0 aliphatic rings. The van der Waals surface area contributed by atoms with Crippen molar-refractivity contribution >= 4 is 23.6 Å². The van der Waals surface area contributed by atoms with Crippen LogP contribution < -0.4 is 5.32 Å². The standard InChI is InChI=1S/C16H16N2O4S/c1-3-9-17-15(19)14-13(16(20)21-2)12(18-22-14)10-23-11-7-5-4-6-8-11/h3-8H,1,9-10H2,2H3,(H,17,19). The molecule has 0 radical (unpaired) electrons. The zero-order valence-corrected chi connectivity index (χ0v) is 13.4. The number of carbonyl (C=O) groups is 2. The van der Waals surface area contributed by atoms with Gasteiger partial charge in [-0.1, -0.05) is 29.4 Å². The molecule has 1 heterocycles. The van der Waals surface area contributed by atoms with Gasteiger partial charge in [-0.15, -0.1) is 18.3 Å². The molecule has 0 aliphatic heterocycles. The van der Waals surface area contributed by atoms with Crippen LogP contribution >= 0.6 is 11.8 Å². The van der Waals surface area contributed by atoms with Gasteiger partial charge in [0.15, 0.2) is 0 Å². The molecule has 1 amide bonds. The van der Waals surface area contributed by atoms with Crippen LogP contribution in [-0.4, -0.2) is 30.7 Å². The molecule has 23 heavy (non-hydrogen) atoms. The normalized spacial score (nSPS) is 10.1. The molecule has 1 aromatic carbocycles. The van der Waals surface area contributed by atoms with E-state index in [1.54, 1.807) is 0 Å². The van der Waals surface area contributed by atoms with Crippen LogP contribution in [0.3, 0.4) is 0 Å². The van der Waals surface area contributed by atoms with Crippen molar-refractivity contribution in [3.05, 3.63) is 60.0 Å². The lowest BCUT2D eigenvalue weighted by Gasteiger charge is -2.03. The van der Waals surface area contributed by atoms with Crippen molar-refractivity contribution in [2.45, 2.75) is 10.6 Å². The lowest BCUT2D eigenvalue weighted by atomic mass is 10.2. The van der Waals surface area contributed by atoms with Crippen LogP contribution in [0.25, 0.3) is 0 Å². The minimum atomic E-state index is -0.654. The molecule has 7 heteroatoms. The van der Waals surface area contributed by atoms with Crippen molar-refractivity contribution in [2.24, 2.45) is 0 Å². The Bertz CT molecular complexity index is 697. The van der Waals surface area contributed by atoms with Gasteiger partial charge in [0.1, 0.15) is 11.3 Å². The van der Waals surface area contributed by atoms with Crippen molar-refractivity contribution in [1.82, 2.24) is 10.5 Å². The largest absolute Gasteiger partial charge is 0.465 e. The Kier molecular flexibility index (Phi) is 5.99. The van der Waals surface area contributed by atoms with Crippen molar-refractivity contribution in [2.75, 3.05) is 13.7 Å². The molecular formula is C16H16N2O4S. The number of aromatic nitrogens is 1. The van der Waals surface area contributed by atoms with Crippen LogP contribution in [0.15, 0.2) is 52.4 Å². The Labute approximate surface area is 137 Å². The second-order valence-corrected chi connectivity index (χ2v) is 5.47. The van der Waals surface area contributed by atoms with Crippen LogP contribution in [-0.2, 0) is 10.5 Å². The van der Waals surface area contributed by atoms with Gasteiger partial charge >= 0.3 is 5.97 Å². The predicted octanol–water partition coefficient (Wildman–Crippen LogP) is 2.67. The van der Waals surface area contributed by atoms with Crippen molar-refractivity contribution < 1.29 is 18.8 Å². The fraction of sp³-hybridized carbons (Fsp3) is 0.188. The first-order chi connectivity index (χ1) is 11.2. The molecule has 0 bridgehead atoms. The van der Waals surface area contributed by atoms with E-state index in [-0.39, 0.29) is 17.9 Å². The van der Waals surface area contributed by atoms with E-state index >= 15 is 0 Å². The van der Waals surface area contributed by atoms with Gasteiger partial charge in [0, 0.05) is 17.2 Å². The number of thioether (sulfide) groups is 1. The quantitative estimate of drug-likeness (QED) is 0.477. The second kappa shape index (κ2) is 8.19. The van der Waals surface area contributed by atoms with Gasteiger partial charge in [-0.2, -0.15) is 0 Å². The van der Waals surface area contributed by atoms with Crippen LogP contribution in [0.1, 0.15) is 26.6 Å². The van der Waals surface area contributed by atoms with Crippen molar-refractivity contribution in [3.63, 3.8) is 0 Å². The minimum absolute atomic E-state index is 0.0532. The maximum absolute atomic E-state index is 12.0. The number of hydrogen-bond donors (Lipinski definition) is 1. The molecule has 6 nitrogen and oxygen atoms in total. The first kappa shape index (κ1) is 16.8. The molecule has 0 spiro atoms. The molecule has 0 atom stereocenters. The average molecular weight is 332 g/mol. The summed E-state index contributed by atoms with van der Waals surface area (Å²) in [5.74, 6) is -0.957. The monoisotopic (exact) mass is 332 g/mol. The average Bonchev–Trinajstić information content (AvgIpc) is 3.02. The van der Waals surface area contributed by atoms with Gasteiger partial charge in [-0.05, 0) is 12.1 Å². The van der Waals surface area contributed by atoms with Crippen LogP contribution in [0.2, 0.25) is 0 Å². The molecule has 0 saturated heterocycles. The molecule has 1 N–H and O–H groups in total. The summed E-state index contributed by atoms with van der Waals surface area (Å²) in [5, 5.41) is 6.40. The highest BCUT2D eigenvalue weighted by molar-refractivity contribution is 7.98. The topological polar surface area (TPSA) is 81.4 Å². The number of nitrogens with one attached hydrogen (secondary N) is 1. The van der Waals surface area contributed by atoms with Gasteiger partial charge in [-0.3, -0.25) is 4.79 Å². The first-order valence-electron chi connectivity index (χ1n) is 6.81. The maximum Gasteiger partial charge on any atom is 0.344 e. The van der Waals surface area contributed by atoms with Gasteiger partial charge in [0.2, 0.25) is 5.76 Å². The first-order valence-corrected chi connectivity index (χ1v) is 7.79. The van der Waals surface area contributed by atoms with E-state index in [1.807, 2.05) is 30.3 Å². The summed E-state index contributed by atoms with van der Waals surface area (Å²) >= 11 is 1.48. The van der Waals surface area contributed by atoms with Gasteiger partial charge in [0.25, 0.3) is 5.91 Å². The Morgan fingerprint density at radius 2 is 2.13 bits per heavy atom. The SMILES string of the molecule is C=CCNC(=O)c1onc(CSc2ccccc2)c1C(=O)OC. The Morgan fingerprint density at radius 1 is 1.39 bits per heavy atom. The van der Waals surface area contributed by atoms with E-state index in [2.05, 4.69) is 17.1 Å². The van der Waals surface area contributed by atoms with E-state index in [0.29, 0.717) is 11.4 Å². The van der Waals surface area contributed by atoms with Gasteiger partial charge in [0.05, 0.1) is 7.11 Å². The predicted molar refractivity (Wildman–Crippen MR) is 86.4 cm³/mol. The Morgan fingerprint density at radius 3 is 2.78 bits per heavy atom. The Hall–Kier alpha value is -2.54. The van der Waals surface area contributed by atoms with Crippen LogP contribution in [0, 0.1) is 0 Å². The zero-order chi connectivity index (χ0) is 16.7. The lowest BCUT2D eigenvalue weighted by molar-refractivity contribution is 0.0593. The third-order valence-electron chi connectivity index (χ3n) is 2.88. The molecule has 2 aromatic rings. The third-order valence-corrected chi connectivity index (χ3v) is 3.91. The van der Waals surface area contributed by atoms with E-state index in [1.165, 1.54) is 24.9 Å². The summed E-state index contributed by atoms with van der Waals surface area (Å²) in [6.45, 7) is 3.77. The molecule has 2 rings (SSSR count). The Balaban J connectivity index is 2.22. The summed E-state index contributed by atoms with van der Waals surface area (Å²) < 4.78 is 9.79. The highest BCUT2D eigenvalue weighted by Gasteiger charge is 2.28. The molecule has 0 unspecified atom stereocenters. The summed E-state index contributed by atoms with van der Waals surface area (Å²) in [6.07, 6.45) is 1.53. The zero-order valence-electron chi connectivity index (χ0n) is 12.6. The molecule has 0 fully saturated rings. The van der Waals surface area contributed by atoms with Gasteiger partial charge < -0.3 is 14.6 Å². The number of methoxy groups -OCH3 is 1. The van der Waals surface area contributed by atoms with E-state index in [0.717, 1.165) is 4.90 Å². The number of ether oxygens (including phenoxy) is 1. The number of esters is 1. The van der Waals surface area contributed by atoms with E-state index in [4.69, 9.17) is 9.26 Å². The number of nitrogens with zero attached hydrogens (tertiary/aromatic N) is 1. The molecule has 1 aromatic heterocycles. The summed E-state index contributed by atoms with van der Waals surface area (Å²) in [7, 11) is 1.24. The summed E-state index contributed by atoms with van der Waals surface area (Å²) in [4.78, 5) is 25.0. The molecule has 0 saturated carbocycles. The number of carbonyl (C=O) groups excluding carboxylic acids is 2. The summed E-state index contributed by atoms with van der Waals surface area (Å²) in [6, 6.07) is 9.64. The maximum atomic E-state index is 12.0. The summed E-state index contributed by atoms with van der Waals surface area (Å²) in [5.41, 5.74) is 0.423. The molecular weight excluding hydrogens is 316 g/mol. The third kappa shape index (κ3) is 4.23. The highest BCUT2D eigenvalue weighted by Crippen LogP contribution is 2.25. The van der Waals surface area contributed by atoms with Crippen molar-refractivity contribution in [1.29, 1.82) is 0 Å². The fourth-order valence-electron chi connectivity index (χ4n) is 1.80. The smallest absolute Gasteiger partial charge is 0.344 e. The number of amides is 1. The molecule has 0 aliphatic carbocycles. The minimum Gasteiger partial charge on any atom is -0.465 e. The van der Waals surface area contributed by atoms with E-state index in [9.17, 15) is 9.59 Å². The lowest BCUT2D eigenvalue weighted by Crippen LogP contribution is -2.25. The fourth-order valence-corrected chi connectivity index (χ4v) is 2.65. The van der Waals surface area contributed by atoms with Crippen LogP contribution in [0.4, 0.5) is 0 Å². The van der Waals surface area contributed by atoms with Crippen LogP contribution in [0.5, 0.6) is 0 Å². The van der Waals surface area contributed by atoms with Gasteiger partial charge in [-0.25, -0.2) is 4.79 Å². The van der Waals surface area contributed by atoms with Crippen molar-refractivity contribution in [3.8, 4) is 0 Å².